The van der Waals surface area contributed by atoms with Gasteiger partial charge in [-0.05, 0) is 42.7 Å². The van der Waals surface area contributed by atoms with E-state index >= 15 is 0 Å². The van der Waals surface area contributed by atoms with Crippen LogP contribution in [-0.4, -0.2) is 13.1 Å². The average Bonchev–Trinajstić information content (AvgIpc) is 2.72. The maximum absolute atomic E-state index is 4.57. The first-order chi connectivity index (χ1) is 12.8. The third-order valence-electron chi connectivity index (χ3n) is 4.78. The summed E-state index contributed by atoms with van der Waals surface area (Å²) in [6, 6.07) is 36.9. The maximum Gasteiger partial charge on any atom is 0.181 e. The zero-order valence-electron chi connectivity index (χ0n) is 14.2. The molecule has 1 heterocycles. The number of benzene rings is 3. The molecule has 0 spiro atoms. The van der Waals surface area contributed by atoms with Crippen molar-refractivity contribution in [3.63, 3.8) is 0 Å². The maximum atomic E-state index is 4.57. The van der Waals surface area contributed by atoms with Crippen LogP contribution in [0.15, 0.2) is 114 Å². The molecule has 0 fully saturated rings. The molecular formula is C23H18BrNSi. The van der Waals surface area contributed by atoms with Crippen LogP contribution in [0.5, 0.6) is 0 Å². The first-order valence-corrected chi connectivity index (χ1v) is 11.4. The van der Waals surface area contributed by atoms with Gasteiger partial charge in [0.15, 0.2) is 8.07 Å². The molecular weight excluding hydrogens is 398 g/mol. The highest BCUT2D eigenvalue weighted by atomic mass is 79.9. The lowest BCUT2D eigenvalue weighted by Crippen LogP contribution is -2.74. The van der Waals surface area contributed by atoms with Crippen molar-refractivity contribution in [1.29, 1.82) is 0 Å². The molecule has 0 aliphatic carbocycles. The fourth-order valence-electron chi connectivity index (χ4n) is 3.66. The van der Waals surface area contributed by atoms with Gasteiger partial charge >= 0.3 is 0 Å². The van der Waals surface area contributed by atoms with Gasteiger partial charge in [-0.15, -0.1) is 0 Å². The van der Waals surface area contributed by atoms with E-state index in [0.717, 1.165) is 4.60 Å². The zero-order chi connectivity index (χ0) is 17.8. The molecule has 0 atom stereocenters. The molecule has 0 radical (unpaired) electrons. The molecule has 4 aromatic rings. The number of nitrogens with zero attached hydrogens (tertiary/aromatic N) is 1. The van der Waals surface area contributed by atoms with Gasteiger partial charge in [-0.1, -0.05) is 97.1 Å². The topological polar surface area (TPSA) is 12.9 Å². The van der Waals surface area contributed by atoms with E-state index in [2.05, 4.69) is 118 Å². The third-order valence-corrected chi connectivity index (χ3v) is 10.0. The second-order valence-corrected chi connectivity index (χ2v) is 10.8. The molecule has 1 aromatic heterocycles. The molecule has 0 aliphatic heterocycles. The van der Waals surface area contributed by atoms with Gasteiger partial charge < -0.3 is 0 Å². The van der Waals surface area contributed by atoms with Crippen LogP contribution in [0.25, 0.3) is 0 Å². The number of aromatic nitrogens is 1. The standard InChI is InChI=1S/C23H18BrNSi/c24-23-17-16-22(18-25-23)26(19-10-4-1-5-11-19,20-12-6-2-7-13-20)21-14-8-3-9-15-21/h1-18H. The summed E-state index contributed by atoms with van der Waals surface area (Å²) in [5.41, 5.74) is 0. The Morgan fingerprint density at radius 2 is 0.923 bits per heavy atom. The highest BCUT2D eigenvalue weighted by molar-refractivity contribution is 9.10. The minimum absolute atomic E-state index is 0.860. The average molecular weight is 416 g/mol. The number of hydrogen-bond donors (Lipinski definition) is 0. The van der Waals surface area contributed by atoms with Crippen LogP contribution in [-0.2, 0) is 0 Å². The van der Waals surface area contributed by atoms with Crippen LogP contribution in [0, 0.1) is 0 Å². The van der Waals surface area contributed by atoms with E-state index in [-0.39, 0.29) is 0 Å². The predicted molar refractivity (Wildman–Crippen MR) is 116 cm³/mol. The molecule has 0 saturated heterocycles. The van der Waals surface area contributed by atoms with Crippen molar-refractivity contribution in [3.05, 3.63) is 114 Å². The Kier molecular flexibility index (Phi) is 4.82. The zero-order valence-corrected chi connectivity index (χ0v) is 16.8. The van der Waals surface area contributed by atoms with Crippen molar-refractivity contribution in [2.24, 2.45) is 0 Å². The predicted octanol–water partition coefficient (Wildman–Crippen LogP) is 3.22. The summed E-state index contributed by atoms with van der Waals surface area (Å²) in [4.78, 5) is 4.57. The molecule has 26 heavy (non-hydrogen) atoms. The second kappa shape index (κ2) is 7.40. The van der Waals surface area contributed by atoms with Crippen molar-refractivity contribution in [2.45, 2.75) is 0 Å². The Morgan fingerprint density at radius 3 is 1.27 bits per heavy atom. The van der Waals surface area contributed by atoms with Crippen molar-refractivity contribution in [3.8, 4) is 0 Å². The van der Waals surface area contributed by atoms with E-state index in [1.807, 2.05) is 12.3 Å². The molecule has 3 aromatic carbocycles. The van der Waals surface area contributed by atoms with Gasteiger partial charge in [0, 0.05) is 6.20 Å². The number of halogens is 1. The van der Waals surface area contributed by atoms with Crippen molar-refractivity contribution >= 4 is 44.8 Å². The quantitative estimate of drug-likeness (QED) is 0.283. The number of rotatable bonds is 4. The molecule has 4 rings (SSSR count). The molecule has 0 unspecified atom stereocenters. The van der Waals surface area contributed by atoms with Crippen LogP contribution in [0.2, 0.25) is 0 Å². The molecule has 126 valence electrons. The molecule has 3 heteroatoms. The summed E-state index contributed by atoms with van der Waals surface area (Å²) in [5, 5.41) is 5.37. The first-order valence-electron chi connectivity index (χ1n) is 8.60. The Hall–Kier alpha value is -2.49. The highest BCUT2D eigenvalue weighted by Crippen LogP contribution is 2.10. The van der Waals surface area contributed by atoms with Crippen LogP contribution < -0.4 is 20.7 Å². The van der Waals surface area contributed by atoms with Gasteiger partial charge in [-0.25, -0.2) is 4.98 Å². The molecule has 0 saturated carbocycles. The molecule has 0 aliphatic rings. The molecule has 0 bridgehead atoms. The normalized spacial score (nSPS) is 11.3. The second-order valence-electron chi connectivity index (χ2n) is 6.22. The van der Waals surface area contributed by atoms with Crippen LogP contribution in [0.4, 0.5) is 0 Å². The summed E-state index contributed by atoms with van der Waals surface area (Å²) in [5.74, 6) is 0. The number of pyridine rings is 1. The van der Waals surface area contributed by atoms with E-state index in [0.29, 0.717) is 0 Å². The van der Waals surface area contributed by atoms with Gasteiger partial charge in [0.2, 0.25) is 0 Å². The third kappa shape index (κ3) is 2.94. The molecule has 1 nitrogen and oxygen atoms in total. The van der Waals surface area contributed by atoms with Gasteiger partial charge in [-0.3, -0.25) is 0 Å². The lowest BCUT2D eigenvalue weighted by atomic mass is 10.3. The van der Waals surface area contributed by atoms with Gasteiger partial charge in [0.1, 0.15) is 4.60 Å². The fourth-order valence-corrected chi connectivity index (χ4v) is 8.57. The highest BCUT2D eigenvalue weighted by Gasteiger charge is 2.41. The van der Waals surface area contributed by atoms with E-state index in [1.54, 1.807) is 0 Å². The molecule has 0 amide bonds. The largest absolute Gasteiger partial charge is 0.249 e. The minimum Gasteiger partial charge on any atom is -0.249 e. The Labute approximate surface area is 163 Å². The summed E-state index contributed by atoms with van der Waals surface area (Å²) < 4.78 is 0.860. The summed E-state index contributed by atoms with van der Waals surface area (Å²) >= 11 is 3.49. The van der Waals surface area contributed by atoms with Crippen LogP contribution >= 0.6 is 15.9 Å². The Bertz CT molecular complexity index is 874. The van der Waals surface area contributed by atoms with E-state index in [4.69, 9.17) is 0 Å². The molecule has 0 N–H and O–H groups in total. The van der Waals surface area contributed by atoms with Crippen LogP contribution in [0.3, 0.4) is 0 Å². The Balaban J connectivity index is 2.12. The first kappa shape index (κ1) is 16.9. The van der Waals surface area contributed by atoms with E-state index in [1.165, 1.54) is 20.7 Å². The van der Waals surface area contributed by atoms with Crippen molar-refractivity contribution in [2.75, 3.05) is 0 Å². The summed E-state index contributed by atoms with van der Waals surface area (Å²) in [6.07, 6.45) is 2.03. The van der Waals surface area contributed by atoms with E-state index < -0.39 is 8.07 Å². The summed E-state index contributed by atoms with van der Waals surface area (Å²) in [6.45, 7) is 0. The van der Waals surface area contributed by atoms with Gasteiger partial charge in [0.05, 0.1) is 0 Å². The lowest BCUT2D eigenvalue weighted by molar-refractivity contribution is 1.29. The van der Waals surface area contributed by atoms with Gasteiger partial charge in [-0.2, -0.15) is 0 Å². The minimum atomic E-state index is -2.41. The van der Waals surface area contributed by atoms with Crippen molar-refractivity contribution in [1.82, 2.24) is 4.98 Å². The monoisotopic (exact) mass is 415 g/mol. The van der Waals surface area contributed by atoms with Gasteiger partial charge in [0.25, 0.3) is 0 Å². The van der Waals surface area contributed by atoms with Crippen LogP contribution in [0.1, 0.15) is 0 Å². The SMILES string of the molecule is Brc1ccc([Si](c2ccccc2)(c2ccccc2)c2ccccc2)cn1. The lowest BCUT2D eigenvalue weighted by Gasteiger charge is -2.34. The smallest absolute Gasteiger partial charge is 0.181 e. The summed E-state index contributed by atoms with van der Waals surface area (Å²) in [7, 11) is -2.41. The fraction of sp³-hybridized carbons (Fsp3) is 0. The van der Waals surface area contributed by atoms with E-state index in [9.17, 15) is 0 Å². The number of hydrogen-bond acceptors (Lipinski definition) is 1. The van der Waals surface area contributed by atoms with Crippen molar-refractivity contribution < 1.29 is 0 Å². The Morgan fingerprint density at radius 1 is 0.500 bits per heavy atom.